The van der Waals surface area contributed by atoms with Crippen molar-refractivity contribution in [1.82, 2.24) is 0 Å². The van der Waals surface area contributed by atoms with Crippen LogP contribution < -0.4 is 10.1 Å². The van der Waals surface area contributed by atoms with Crippen LogP contribution in [0.3, 0.4) is 0 Å². The summed E-state index contributed by atoms with van der Waals surface area (Å²) in [6.07, 6.45) is 0. The van der Waals surface area contributed by atoms with Crippen LogP contribution in [-0.2, 0) is 0 Å². The van der Waals surface area contributed by atoms with Gasteiger partial charge in [0, 0.05) is 21.7 Å². The monoisotopic (exact) mass is 498 g/mol. The lowest BCUT2D eigenvalue weighted by Gasteiger charge is -2.29. The molecule has 0 aliphatic heterocycles. The van der Waals surface area contributed by atoms with E-state index in [1.165, 1.54) is 37.5 Å². The van der Waals surface area contributed by atoms with Gasteiger partial charge in [-0.2, -0.15) is 5.26 Å². The molecule has 0 amide bonds. The van der Waals surface area contributed by atoms with E-state index in [-0.39, 0.29) is 0 Å². The van der Waals surface area contributed by atoms with Crippen molar-refractivity contribution in [1.29, 1.82) is 5.26 Å². The Morgan fingerprint density at radius 1 is 0.694 bits per heavy atom. The third-order valence-corrected chi connectivity index (χ3v) is 9.31. The van der Waals surface area contributed by atoms with Crippen molar-refractivity contribution < 1.29 is 0 Å². The summed E-state index contributed by atoms with van der Waals surface area (Å²) in [4.78, 5) is 3.28. The Morgan fingerprint density at radius 3 is 2.00 bits per heavy atom. The molecule has 174 valence electrons. The fourth-order valence-corrected chi connectivity index (χ4v) is 6.75. The molecule has 0 atom stereocenters. The molecular weight excluding hydrogens is 473 g/mol. The van der Waals surface area contributed by atoms with E-state index in [1.807, 2.05) is 24.3 Å². The van der Waals surface area contributed by atoms with Gasteiger partial charge in [0.25, 0.3) is 0 Å². The van der Waals surface area contributed by atoms with Gasteiger partial charge in [-0.25, -0.2) is 0 Å². The molecule has 6 aromatic carbocycles. The first kappa shape index (κ1) is 22.7. The third kappa shape index (κ3) is 3.72. The first-order chi connectivity index (χ1) is 17.3. The van der Waals surface area contributed by atoms with Crippen LogP contribution in [0.2, 0.25) is 19.6 Å². The molecular formula is C32H26N2SSi. The molecule has 0 bridgehead atoms. The number of thiol groups is 1. The summed E-state index contributed by atoms with van der Waals surface area (Å²) >= 11 is 4.81. The van der Waals surface area contributed by atoms with Gasteiger partial charge in [-0.05, 0) is 75.5 Å². The number of hydrogen-bond donors (Lipinski definition) is 1. The normalized spacial score (nSPS) is 11.9. The molecule has 0 heterocycles. The lowest BCUT2D eigenvalue weighted by Crippen LogP contribution is -2.37. The van der Waals surface area contributed by atoms with Crippen molar-refractivity contribution in [3.05, 3.63) is 103 Å². The quantitative estimate of drug-likeness (QED) is 0.149. The molecule has 0 unspecified atom stereocenters. The topological polar surface area (TPSA) is 27.0 Å². The van der Waals surface area contributed by atoms with Gasteiger partial charge in [0.05, 0.1) is 25.4 Å². The molecule has 0 N–H and O–H groups in total. The van der Waals surface area contributed by atoms with E-state index in [0.29, 0.717) is 5.56 Å². The van der Waals surface area contributed by atoms with Gasteiger partial charge in [-0.3, -0.25) is 0 Å². The molecule has 0 aliphatic rings. The smallest absolute Gasteiger partial charge is 0.0991 e. The predicted molar refractivity (Wildman–Crippen MR) is 160 cm³/mol. The Hall–Kier alpha value is -3.78. The van der Waals surface area contributed by atoms with Crippen molar-refractivity contribution >= 4 is 75.3 Å². The molecule has 36 heavy (non-hydrogen) atoms. The number of nitrogens with zero attached hydrogens (tertiary/aromatic N) is 2. The molecule has 0 aliphatic carbocycles. The highest BCUT2D eigenvalue weighted by Crippen LogP contribution is 2.44. The average Bonchev–Trinajstić information content (AvgIpc) is 2.88. The van der Waals surface area contributed by atoms with Crippen LogP contribution in [-0.4, -0.2) is 8.07 Å². The Morgan fingerprint density at radius 2 is 1.33 bits per heavy atom. The summed E-state index contributed by atoms with van der Waals surface area (Å²) in [5.41, 5.74) is 3.87. The van der Waals surface area contributed by atoms with Crippen molar-refractivity contribution in [3.8, 4) is 6.07 Å². The maximum absolute atomic E-state index is 9.39. The number of benzene rings is 6. The zero-order valence-corrected chi connectivity index (χ0v) is 22.5. The summed E-state index contributed by atoms with van der Waals surface area (Å²) in [6.45, 7) is 7.09. The van der Waals surface area contributed by atoms with Crippen LogP contribution >= 0.6 is 12.6 Å². The highest BCUT2D eigenvalue weighted by atomic mass is 32.1. The lowest BCUT2D eigenvalue weighted by atomic mass is 9.93. The minimum absolute atomic E-state index is 0.653. The Bertz CT molecular complexity index is 1780. The van der Waals surface area contributed by atoms with Gasteiger partial charge in [0.2, 0.25) is 0 Å². The van der Waals surface area contributed by atoms with Gasteiger partial charge >= 0.3 is 0 Å². The molecule has 0 aromatic heterocycles. The van der Waals surface area contributed by atoms with Gasteiger partial charge < -0.3 is 4.90 Å². The average molecular weight is 499 g/mol. The lowest BCUT2D eigenvalue weighted by molar-refractivity contribution is 1.28. The number of nitriles is 1. The van der Waals surface area contributed by atoms with E-state index >= 15 is 0 Å². The molecule has 0 fully saturated rings. The predicted octanol–water partition coefficient (Wildman–Crippen LogP) is 8.76. The summed E-state index contributed by atoms with van der Waals surface area (Å²) in [6, 6.07) is 36.6. The van der Waals surface area contributed by atoms with E-state index in [9.17, 15) is 5.26 Å². The van der Waals surface area contributed by atoms with E-state index in [1.54, 1.807) is 0 Å². The Labute approximate surface area is 218 Å². The van der Waals surface area contributed by atoms with Crippen LogP contribution in [0.5, 0.6) is 0 Å². The van der Waals surface area contributed by atoms with Crippen LogP contribution in [0, 0.1) is 11.3 Å². The zero-order chi connectivity index (χ0) is 25.0. The molecule has 6 rings (SSSR count). The second-order valence-corrected chi connectivity index (χ2v) is 16.0. The second-order valence-electron chi connectivity index (χ2n) is 10.4. The maximum Gasteiger partial charge on any atom is 0.0991 e. The van der Waals surface area contributed by atoms with Crippen LogP contribution in [0.25, 0.3) is 32.3 Å². The molecule has 0 saturated carbocycles. The summed E-state index contributed by atoms with van der Waals surface area (Å²) in [5.74, 6) is 0. The Kier molecular flexibility index (Phi) is 5.30. The van der Waals surface area contributed by atoms with Gasteiger partial charge in [-0.1, -0.05) is 73.4 Å². The summed E-state index contributed by atoms with van der Waals surface area (Å²) in [5, 5.41) is 18.3. The van der Waals surface area contributed by atoms with Gasteiger partial charge in [0.1, 0.15) is 0 Å². The molecule has 0 saturated heterocycles. The highest BCUT2D eigenvalue weighted by Gasteiger charge is 2.22. The number of hydrogen-bond acceptors (Lipinski definition) is 3. The van der Waals surface area contributed by atoms with E-state index in [4.69, 9.17) is 12.6 Å². The summed E-state index contributed by atoms with van der Waals surface area (Å²) < 4.78 is 0. The van der Waals surface area contributed by atoms with Crippen LogP contribution in [0.4, 0.5) is 17.1 Å². The Balaban J connectivity index is 1.69. The molecule has 0 spiro atoms. The third-order valence-electron chi connectivity index (χ3n) is 7.03. The van der Waals surface area contributed by atoms with Crippen molar-refractivity contribution in [2.75, 3.05) is 4.90 Å². The first-order valence-electron chi connectivity index (χ1n) is 12.1. The second kappa shape index (κ2) is 8.41. The minimum Gasteiger partial charge on any atom is -0.310 e. The first-order valence-corrected chi connectivity index (χ1v) is 16.1. The van der Waals surface area contributed by atoms with E-state index < -0.39 is 8.07 Å². The fourth-order valence-electron chi connectivity index (χ4n) is 5.18. The standard InChI is InChI=1S/C32H26N2SSi/c1-36(2,3)28-18-26(17-27(35)19-28)34(25-13-7-21(20-33)8-14-25)30-16-12-24-10-9-22-5-4-6-23-11-15-29(30)32(24)31(22)23/h4-19,35H,1-3H3. The molecule has 2 nitrogen and oxygen atoms in total. The minimum atomic E-state index is -1.58. The summed E-state index contributed by atoms with van der Waals surface area (Å²) in [7, 11) is -1.58. The van der Waals surface area contributed by atoms with Gasteiger partial charge in [0.15, 0.2) is 0 Å². The number of rotatable bonds is 4. The molecule has 0 radical (unpaired) electrons. The van der Waals surface area contributed by atoms with Crippen molar-refractivity contribution in [2.24, 2.45) is 0 Å². The van der Waals surface area contributed by atoms with E-state index in [0.717, 1.165) is 22.0 Å². The highest BCUT2D eigenvalue weighted by molar-refractivity contribution is 7.80. The zero-order valence-electron chi connectivity index (χ0n) is 20.6. The number of anilines is 3. The van der Waals surface area contributed by atoms with Crippen LogP contribution in [0.1, 0.15) is 5.56 Å². The largest absolute Gasteiger partial charge is 0.310 e. The molecule has 4 heteroatoms. The van der Waals surface area contributed by atoms with Crippen molar-refractivity contribution in [2.45, 2.75) is 24.5 Å². The van der Waals surface area contributed by atoms with E-state index in [2.05, 4.69) is 103 Å². The maximum atomic E-state index is 9.39. The SMILES string of the molecule is C[Si](C)(C)c1cc(S)cc(N(c2ccc(C#N)cc2)c2ccc3ccc4cccc5ccc2c3c45)c1. The fraction of sp³-hybridized carbons (Fsp3) is 0.0938. The van der Waals surface area contributed by atoms with Crippen LogP contribution in [0.15, 0.2) is 102 Å². The van der Waals surface area contributed by atoms with Gasteiger partial charge in [-0.15, -0.1) is 12.6 Å². The molecule has 6 aromatic rings. The van der Waals surface area contributed by atoms with Crippen molar-refractivity contribution in [3.63, 3.8) is 0 Å².